The number of carbonyl (C=O) groups excluding carboxylic acids is 1. The SMILES string of the molecule is Cn1cc(NC(=O)c2sc(-c3ccco3)nc2-c2ccccc2)cn1. The average Bonchev–Trinajstić information content (AvgIpc) is 3.35. The molecule has 1 amide bonds. The number of thiazole rings is 1. The molecule has 1 N–H and O–H groups in total. The highest BCUT2D eigenvalue weighted by atomic mass is 32.1. The Hall–Kier alpha value is -3.19. The number of carbonyl (C=O) groups is 1. The molecule has 0 aliphatic heterocycles. The van der Waals surface area contributed by atoms with Crippen LogP contribution in [-0.2, 0) is 7.05 Å². The van der Waals surface area contributed by atoms with Gasteiger partial charge in [0.1, 0.15) is 4.88 Å². The number of anilines is 1. The molecule has 0 saturated carbocycles. The number of hydrogen-bond acceptors (Lipinski definition) is 5. The van der Waals surface area contributed by atoms with Gasteiger partial charge in [0.25, 0.3) is 5.91 Å². The Balaban J connectivity index is 1.75. The maximum absolute atomic E-state index is 12.8. The van der Waals surface area contributed by atoms with Crippen molar-refractivity contribution < 1.29 is 9.21 Å². The van der Waals surface area contributed by atoms with Crippen LogP contribution in [0, 0.1) is 0 Å². The summed E-state index contributed by atoms with van der Waals surface area (Å²) in [5.41, 5.74) is 2.16. The second-order valence-corrected chi connectivity index (χ2v) is 6.40. The standard InChI is InChI=1S/C18H14N4O2S/c1-22-11-13(10-19-22)20-17(23)16-15(12-6-3-2-4-7-12)21-18(25-16)14-8-5-9-24-14/h2-11H,1H3,(H,20,23). The van der Waals surface area contributed by atoms with Crippen LogP contribution in [0.5, 0.6) is 0 Å². The molecular formula is C18H14N4O2S. The summed E-state index contributed by atoms with van der Waals surface area (Å²) in [6.45, 7) is 0. The van der Waals surface area contributed by atoms with Gasteiger partial charge < -0.3 is 9.73 Å². The van der Waals surface area contributed by atoms with Gasteiger partial charge in [-0.3, -0.25) is 9.48 Å². The van der Waals surface area contributed by atoms with Crippen LogP contribution in [-0.4, -0.2) is 20.7 Å². The molecule has 0 bridgehead atoms. The van der Waals surface area contributed by atoms with E-state index in [0.717, 1.165) is 5.56 Å². The Morgan fingerprint density at radius 3 is 2.72 bits per heavy atom. The van der Waals surface area contributed by atoms with E-state index in [4.69, 9.17) is 4.42 Å². The molecule has 3 heterocycles. The van der Waals surface area contributed by atoms with E-state index in [9.17, 15) is 4.79 Å². The third-order valence-electron chi connectivity index (χ3n) is 3.58. The predicted molar refractivity (Wildman–Crippen MR) is 96.4 cm³/mol. The van der Waals surface area contributed by atoms with Crippen LogP contribution >= 0.6 is 11.3 Å². The first-order valence-corrected chi connectivity index (χ1v) is 8.42. The number of benzene rings is 1. The maximum atomic E-state index is 12.8. The van der Waals surface area contributed by atoms with Crippen LogP contribution in [0.2, 0.25) is 0 Å². The van der Waals surface area contributed by atoms with E-state index in [2.05, 4.69) is 15.4 Å². The Morgan fingerprint density at radius 1 is 1.20 bits per heavy atom. The molecule has 1 aromatic carbocycles. The van der Waals surface area contributed by atoms with Crippen molar-refractivity contribution in [1.82, 2.24) is 14.8 Å². The highest BCUT2D eigenvalue weighted by Gasteiger charge is 2.21. The van der Waals surface area contributed by atoms with Crippen LogP contribution < -0.4 is 5.32 Å². The fourth-order valence-electron chi connectivity index (χ4n) is 2.44. The van der Waals surface area contributed by atoms with E-state index in [1.807, 2.05) is 36.4 Å². The number of furan rings is 1. The third kappa shape index (κ3) is 3.09. The molecule has 0 radical (unpaired) electrons. The molecule has 0 spiro atoms. The van der Waals surface area contributed by atoms with Gasteiger partial charge in [-0.05, 0) is 12.1 Å². The van der Waals surface area contributed by atoms with Crippen molar-refractivity contribution in [3.8, 4) is 22.0 Å². The largest absolute Gasteiger partial charge is 0.462 e. The van der Waals surface area contributed by atoms with Gasteiger partial charge in [0.2, 0.25) is 0 Å². The Morgan fingerprint density at radius 2 is 2.04 bits per heavy atom. The highest BCUT2D eigenvalue weighted by molar-refractivity contribution is 7.17. The number of hydrogen-bond donors (Lipinski definition) is 1. The first-order valence-electron chi connectivity index (χ1n) is 7.61. The molecule has 0 aliphatic carbocycles. The number of amides is 1. The lowest BCUT2D eigenvalue weighted by Crippen LogP contribution is -2.11. The molecule has 4 rings (SSSR count). The van der Waals surface area contributed by atoms with Crippen molar-refractivity contribution in [3.63, 3.8) is 0 Å². The summed E-state index contributed by atoms with van der Waals surface area (Å²) in [7, 11) is 1.80. The first-order chi connectivity index (χ1) is 12.2. The molecule has 3 aromatic heterocycles. The predicted octanol–water partition coefficient (Wildman–Crippen LogP) is 4.06. The van der Waals surface area contributed by atoms with E-state index in [0.29, 0.717) is 27.0 Å². The number of aromatic nitrogens is 3. The van der Waals surface area contributed by atoms with Crippen molar-refractivity contribution in [2.45, 2.75) is 0 Å². The number of aryl methyl sites for hydroxylation is 1. The topological polar surface area (TPSA) is 73.0 Å². The molecule has 4 aromatic rings. The monoisotopic (exact) mass is 350 g/mol. The lowest BCUT2D eigenvalue weighted by molar-refractivity contribution is 0.103. The summed E-state index contributed by atoms with van der Waals surface area (Å²) in [6, 6.07) is 13.3. The van der Waals surface area contributed by atoms with E-state index in [1.165, 1.54) is 11.3 Å². The molecule has 0 saturated heterocycles. The van der Waals surface area contributed by atoms with Crippen molar-refractivity contribution in [3.05, 3.63) is 66.0 Å². The van der Waals surface area contributed by atoms with E-state index < -0.39 is 0 Å². The molecule has 7 heteroatoms. The van der Waals surface area contributed by atoms with Gasteiger partial charge in [-0.1, -0.05) is 30.3 Å². The molecule has 0 atom stereocenters. The smallest absolute Gasteiger partial charge is 0.268 e. The summed E-state index contributed by atoms with van der Waals surface area (Å²) in [4.78, 5) is 18.0. The normalized spacial score (nSPS) is 10.8. The van der Waals surface area contributed by atoms with Crippen LogP contribution in [0.3, 0.4) is 0 Å². The van der Waals surface area contributed by atoms with Crippen molar-refractivity contribution in [1.29, 1.82) is 0 Å². The third-order valence-corrected chi connectivity index (χ3v) is 4.64. The summed E-state index contributed by atoms with van der Waals surface area (Å²) in [6.07, 6.45) is 4.94. The minimum atomic E-state index is -0.220. The zero-order valence-corrected chi connectivity index (χ0v) is 14.2. The fourth-order valence-corrected chi connectivity index (χ4v) is 3.40. The minimum absolute atomic E-state index is 0.220. The Labute approximate surface area is 147 Å². The Kier molecular flexibility index (Phi) is 3.91. The molecule has 0 fully saturated rings. The zero-order chi connectivity index (χ0) is 17.2. The van der Waals surface area contributed by atoms with Gasteiger partial charge >= 0.3 is 0 Å². The van der Waals surface area contributed by atoms with Crippen molar-refractivity contribution in [2.75, 3.05) is 5.32 Å². The lowest BCUT2D eigenvalue weighted by Gasteiger charge is -2.03. The van der Waals surface area contributed by atoms with Crippen LogP contribution in [0.15, 0.2) is 65.5 Å². The van der Waals surface area contributed by atoms with Gasteiger partial charge in [-0.15, -0.1) is 11.3 Å². The average molecular weight is 350 g/mol. The van der Waals surface area contributed by atoms with Crippen LogP contribution in [0.25, 0.3) is 22.0 Å². The van der Waals surface area contributed by atoms with E-state index >= 15 is 0 Å². The summed E-state index contributed by atoms with van der Waals surface area (Å²) in [5.74, 6) is 0.421. The van der Waals surface area contributed by atoms with E-state index in [-0.39, 0.29) is 5.91 Å². The van der Waals surface area contributed by atoms with Crippen LogP contribution in [0.1, 0.15) is 9.67 Å². The number of nitrogens with one attached hydrogen (secondary N) is 1. The molecule has 0 unspecified atom stereocenters. The van der Waals surface area contributed by atoms with Gasteiger partial charge in [0.05, 0.1) is 23.8 Å². The molecule has 124 valence electrons. The van der Waals surface area contributed by atoms with Gasteiger partial charge in [-0.2, -0.15) is 5.10 Å². The van der Waals surface area contributed by atoms with E-state index in [1.54, 1.807) is 36.5 Å². The van der Waals surface area contributed by atoms with Gasteiger partial charge in [0.15, 0.2) is 10.8 Å². The summed E-state index contributed by atoms with van der Waals surface area (Å²) >= 11 is 1.30. The van der Waals surface area contributed by atoms with Gasteiger partial charge in [0, 0.05) is 18.8 Å². The Bertz CT molecular complexity index is 1000. The van der Waals surface area contributed by atoms with Gasteiger partial charge in [-0.25, -0.2) is 4.98 Å². The molecule has 0 aliphatic rings. The zero-order valence-electron chi connectivity index (χ0n) is 13.3. The second kappa shape index (κ2) is 6.37. The first kappa shape index (κ1) is 15.3. The van der Waals surface area contributed by atoms with Crippen molar-refractivity contribution >= 4 is 22.9 Å². The second-order valence-electron chi connectivity index (χ2n) is 5.40. The molecule has 6 nitrogen and oxygen atoms in total. The molecular weight excluding hydrogens is 336 g/mol. The molecule has 25 heavy (non-hydrogen) atoms. The van der Waals surface area contributed by atoms with Crippen molar-refractivity contribution in [2.24, 2.45) is 7.05 Å². The highest BCUT2D eigenvalue weighted by Crippen LogP contribution is 2.34. The number of nitrogens with zero attached hydrogens (tertiary/aromatic N) is 3. The maximum Gasteiger partial charge on any atom is 0.268 e. The fraction of sp³-hybridized carbons (Fsp3) is 0.0556. The summed E-state index contributed by atoms with van der Waals surface area (Å²) in [5, 5.41) is 7.60. The number of rotatable bonds is 4. The lowest BCUT2D eigenvalue weighted by atomic mass is 10.1. The minimum Gasteiger partial charge on any atom is -0.462 e. The summed E-state index contributed by atoms with van der Waals surface area (Å²) < 4.78 is 7.06. The quantitative estimate of drug-likeness (QED) is 0.602. The van der Waals surface area contributed by atoms with Crippen LogP contribution in [0.4, 0.5) is 5.69 Å².